The molecule has 0 aliphatic carbocycles. The van der Waals surface area contributed by atoms with Crippen LogP contribution in [-0.2, 0) is 19.1 Å². The summed E-state index contributed by atoms with van der Waals surface area (Å²) >= 11 is 1.63. The van der Waals surface area contributed by atoms with E-state index in [1.54, 1.807) is 11.8 Å². The Hall–Kier alpha value is -0.790. The van der Waals surface area contributed by atoms with Gasteiger partial charge in [0.25, 0.3) is 0 Å². The molecule has 7 heteroatoms. The maximum Gasteiger partial charge on any atom is 0.327 e. The van der Waals surface area contributed by atoms with Gasteiger partial charge in [-0.15, -0.1) is 0 Å². The second kappa shape index (κ2) is 7.47. The summed E-state index contributed by atoms with van der Waals surface area (Å²) in [6.45, 7) is 3.53. The van der Waals surface area contributed by atoms with Crippen LogP contribution in [0.15, 0.2) is 0 Å². The number of carbonyl (C=O) groups excluding carboxylic acids is 1. The molecule has 0 aromatic carbocycles. The molecule has 2 atom stereocenters. The zero-order valence-corrected chi connectivity index (χ0v) is 13.1. The van der Waals surface area contributed by atoms with Gasteiger partial charge in [0, 0.05) is 37.7 Å². The van der Waals surface area contributed by atoms with E-state index in [9.17, 15) is 9.59 Å². The first-order valence-corrected chi connectivity index (χ1v) is 8.39. The molecule has 6 nitrogen and oxygen atoms in total. The van der Waals surface area contributed by atoms with Gasteiger partial charge >= 0.3 is 5.97 Å². The second-order valence-corrected chi connectivity index (χ2v) is 7.02. The Morgan fingerprint density at radius 1 is 1.38 bits per heavy atom. The molecule has 1 spiro atoms. The van der Waals surface area contributed by atoms with Gasteiger partial charge in [0.15, 0.2) is 0 Å². The number of carboxylic acids is 1. The average Bonchev–Trinajstić information content (AvgIpc) is 2.44. The Labute approximate surface area is 128 Å². The summed E-state index contributed by atoms with van der Waals surface area (Å²) in [5, 5.41) is 12.0. The molecule has 0 aromatic heterocycles. The highest BCUT2D eigenvalue weighted by molar-refractivity contribution is 8.00. The van der Waals surface area contributed by atoms with E-state index >= 15 is 0 Å². The number of hydrogen-bond acceptors (Lipinski definition) is 5. The lowest BCUT2D eigenvalue weighted by molar-refractivity contribution is -0.140. The summed E-state index contributed by atoms with van der Waals surface area (Å²) in [4.78, 5) is 22.2. The van der Waals surface area contributed by atoms with Crippen LogP contribution in [0.1, 0.15) is 32.6 Å². The highest BCUT2D eigenvalue weighted by atomic mass is 32.2. The third kappa shape index (κ3) is 4.86. The molecule has 2 rings (SSSR count). The van der Waals surface area contributed by atoms with Crippen LogP contribution < -0.4 is 5.32 Å². The van der Waals surface area contributed by atoms with Gasteiger partial charge in [0.1, 0.15) is 6.04 Å². The zero-order chi connectivity index (χ0) is 15.3. The number of aliphatic carboxylic acids is 1. The Morgan fingerprint density at radius 2 is 2.10 bits per heavy atom. The summed E-state index contributed by atoms with van der Waals surface area (Å²) in [7, 11) is 0. The fourth-order valence-electron chi connectivity index (χ4n) is 2.87. The zero-order valence-electron chi connectivity index (χ0n) is 12.3. The van der Waals surface area contributed by atoms with Crippen molar-refractivity contribution in [3.63, 3.8) is 0 Å². The van der Waals surface area contributed by atoms with Gasteiger partial charge in [0.2, 0.25) is 5.91 Å². The smallest absolute Gasteiger partial charge is 0.327 e. The predicted molar refractivity (Wildman–Crippen MR) is 79.5 cm³/mol. The monoisotopic (exact) mass is 317 g/mol. The van der Waals surface area contributed by atoms with E-state index in [-0.39, 0.29) is 11.5 Å². The molecule has 1 amide bonds. The molecule has 2 aliphatic rings. The fourth-order valence-corrected chi connectivity index (χ4v) is 4.24. The van der Waals surface area contributed by atoms with Gasteiger partial charge in [-0.3, -0.25) is 4.79 Å². The number of carboxylic acid groups (broad SMARTS) is 1. The number of rotatable bonds is 5. The summed E-state index contributed by atoms with van der Waals surface area (Å²) in [6.07, 6.45) is 3.70. The first-order valence-electron chi connectivity index (χ1n) is 7.34. The number of hydrogen-bond donors (Lipinski definition) is 2. The molecular weight excluding hydrogens is 294 g/mol. The molecule has 2 fully saturated rings. The van der Waals surface area contributed by atoms with Crippen molar-refractivity contribution in [2.24, 2.45) is 0 Å². The standard InChI is InChI=1S/C14H23NO5S/c1-10(16)15-12(13(17)18)9-21-11-2-5-20-14(8-11)3-6-19-7-4-14/h11-12H,2-9H2,1H3,(H,15,16)(H,17,18)/t11?,12-/m0/s1. The van der Waals surface area contributed by atoms with Gasteiger partial charge in [-0.25, -0.2) is 4.79 Å². The number of ether oxygens (including phenoxy) is 2. The molecule has 120 valence electrons. The van der Waals surface area contributed by atoms with Gasteiger partial charge in [0.05, 0.1) is 5.60 Å². The topological polar surface area (TPSA) is 84.9 Å². The number of carbonyl (C=O) groups is 2. The lowest BCUT2D eigenvalue weighted by Gasteiger charge is -2.43. The molecule has 0 saturated carbocycles. The molecular formula is C14H23NO5S. The van der Waals surface area contributed by atoms with Crippen molar-refractivity contribution in [2.45, 2.75) is 49.5 Å². The highest BCUT2D eigenvalue weighted by Crippen LogP contribution is 2.38. The maximum absolute atomic E-state index is 11.1. The molecule has 2 heterocycles. The van der Waals surface area contributed by atoms with E-state index in [4.69, 9.17) is 14.6 Å². The van der Waals surface area contributed by atoms with Crippen molar-refractivity contribution >= 4 is 23.6 Å². The summed E-state index contributed by atoms with van der Waals surface area (Å²) < 4.78 is 11.4. The molecule has 0 bridgehead atoms. The molecule has 2 N–H and O–H groups in total. The number of nitrogens with one attached hydrogen (secondary N) is 1. The minimum atomic E-state index is -0.981. The van der Waals surface area contributed by atoms with Crippen LogP contribution in [0.2, 0.25) is 0 Å². The summed E-state index contributed by atoms with van der Waals surface area (Å²) in [6, 6.07) is -0.819. The Bertz CT molecular complexity index is 378. The molecule has 2 saturated heterocycles. The first kappa shape index (κ1) is 16.6. The van der Waals surface area contributed by atoms with Gasteiger partial charge in [-0.1, -0.05) is 0 Å². The molecule has 1 unspecified atom stereocenters. The Morgan fingerprint density at radius 3 is 2.71 bits per heavy atom. The fraction of sp³-hybridized carbons (Fsp3) is 0.857. The van der Waals surface area contributed by atoms with Crippen LogP contribution in [0, 0.1) is 0 Å². The number of thioether (sulfide) groups is 1. The SMILES string of the molecule is CC(=O)N[C@@H](CSC1CCOC2(CCOCC2)C1)C(=O)O. The van der Waals surface area contributed by atoms with E-state index < -0.39 is 12.0 Å². The van der Waals surface area contributed by atoms with Crippen LogP contribution in [0.5, 0.6) is 0 Å². The summed E-state index contributed by atoms with van der Waals surface area (Å²) in [5.74, 6) is -0.895. The minimum Gasteiger partial charge on any atom is -0.480 e. The quantitative estimate of drug-likeness (QED) is 0.788. The minimum absolute atomic E-state index is 0.0824. The summed E-state index contributed by atoms with van der Waals surface area (Å²) in [5.41, 5.74) is -0.0824. The average molecular weight is 317 g/mol. The normalized spacial score (nSPS) is 26.2. The second-order valence-electron chi connectivity index (χ2n) is 5.68. The molecule has 2 aliphatic heterocycles. The van der Waals surface area contributed by atoms with Crippen LogP contribution in [0.25, 0.3) is 0 Å². The Kier molecular flexibility index (Phi) is 5.89. The van der Waals surface area contributed by atoms with Crippen molar-refractivity contribution in [1.82, 2.24) is 5.32 Å². The van der Waals surface area contributed by atoms with Gasteiger partial charge in [-0.05, 0) is 25.7 Å². The van der Waals surface area contributed by atoms with Crippen LogP contribution in [0.4, 0.5) is 0 Å². The highest BCUT2D eigenvalue weighted by Gasteiger charge is 2.39. The first-order chi connectivity index (χ1) is 10.0. The third-order valence-electron chi connectivity index (χ3n) is 4.03. The van der Waals surface area contributed by atoms with E-state index in [1.807, 2.05) is 0 Å². The van der Waals surface area contributed by atoms with Crippen molar-refractivity contribution in [3.05, 3.63) is 0 Å². The lowest BCUT2D eigenvalue weighted by atomic mass is 9.86. The molecule has 0 radical (unpaired) electrons. The van der Waals surface area contributed by atoms with Crippen molar-refractivity contribution in [1.29, 1.82) is 0 Å². The van der Waals surface area contributed by atoms with Crippen molar-refractivity contribution in [2.75, 3.05) is 25.6 Å². The van der Waals surface area contributed by atoms with E-state index in [0.717, 1.165) is 45.5 Å². The van der Waals surface area contributed by atoms with Crippen molar-refractivity contribution in [3.8, 4) is 0 Å². The Balaban J connectivity index is 1.84. The number of amides is 1. The van der Waals surface area contributed by atoms with Crippen LogP contribution in [-0.4, -0.2) is 59.4 Å². The predicted octanol–water partition coefficient (Wildman–Crippen LogP) is 1.04. The van der Waals surface area contributed by atoms with E-state index in [0.29, 0.717) is 11.0 Å². The third-order valence-corrected chi connectivity index (χ3v) is 5.43. The largest absolute Gasteiger partial charge is 0.480 e. The lowest BCUT2D eigenvalue weighted by Crippen LogP contribution is -2.46. The molecule has 0 aromatic rings. The van der Waals surface area contributed by atoms with Gasteiger partial charge in [-0.2, -0.15) is 11.8 Å². The van der Waals surface area contributed by atoms with Gasteiger partial charge < -0.3 is 19.9 Å². The maximum atomic E-state index is 11.1. The van der Waals surface area contributed by atoms with Crippen LogP contribution >= 0.6 is 11.8 Å². The van der Waals surface area contributed by atoms with E-state index in [2.05, 4.69) is 5.32 Å². The molecule has 21 heavy (non-hydrogen) atoms. The van der Waals surface area contributed by atoms with Crippen molar-refractivity contribution < 1.29 is 24.2 Å². The van der Waals surface area contributed by atoms with Crippen LogP contribution in [0.3, 0.4) is 0 Å². The van der Waals surface area contributed by atoms with E-state index in [1.165, 1.54) is 6.92 Å².